The number of carbonyl (C=O) groups is 2. The highest BCUT2D eigenvalue weighted by Gasteiger charge is 2.44. The van der Waals surface area contributed by atoms with E-state index in [1.807, 2.05) is 6.07 Å². The Morgan fingerprint density at radius 1 is 1.60 bits per heavy atom. The van der Waals surface area contributed by atoms with Gasteiger partial charge in [-0.25, -0.2) is 0 Å². The van der Waals surface area contributed by atoms with E-state index in [0.29, 0.717) is 12.8 Å². The Hall–Kier alpha value is -1.57. The van der Waals surface area contributed by atoms with Crippen molar-refractivity contribution in [3.8, 4) is 6.07 Å². The van der Waals surface area contributed by atoms with E-state index in [2.05, 4.69) is 5.32 Å². The fourth-order valence-corrected chi connectivity index (χ4v) is 1.63. The molecular formula is C10H15N3O2. The number of primary amides is 1. The highest BCUT2D eigenvalue weighted by molar-refractivity contribution is 5.87. The van der Waals surface area contributed by atoms with Crippen LogP contribution in [0.1, 0.15) is 32.6 Å². The summed E-state index contributed by atoms with van der Waals surface area (Å²) >= 11 is 0. The summed E-state index contributed by atoms with van der Waals surface area (Å²) < 4.78 is 0. The fourth-order valence-electron chi connectivity index (χ4n) is 1.63. The lowest BCUT2D eigenvalue weighted by Gasteiger charge is -2.34. The van der Waals surface area contributed by atoms with Crippen LogP contribution in [0.4, 0.5) is 0 Å². The molecule has 0 aromatic carbocycles. The molecule has 2 amide bonds. The van der Waals surface area contributed by atoms with E-state index in [0.717, 1.165) is 6.42 Å². The molecule has 0 aromatic rings. The third kappa shape index (κ3) is 2.46. The molecule has 82 valence electrons. The van der Waals surface area contributed by atoms with Crippen molar-refractivity contribution in [2.45, 2.75) is 38.6 Å². The number of hydrogen-bond acceptors (Lipinski definition) is 3. The molecule has 3 N–H and O–H groups in total. The summed E-state index contributed by atoms with van der Waals surface area (Å²) in [6, 6.07) is 1.74. The lowest BCUT2D eigenvalue weighted by molar-refractivity contribution is -0.132. The standard InChI is InChI=1S/C10H15N3O2/c1-7(5-8(12)14)13-9(15)10(6-11)3-2-4-10/h7H,2-5H2,1H3,(H2,12,14)(H,13,15). The first-order valence-corrected chi connectivity index (χ1v) is 5.01. The van der Waals surface area contributed by atoms with Gasteiger partial charge < -0.3 is 11.1 Å². The molecule has 1 aliphatic carbocycles. The fraction of sp³-hybridized carbons (Fsp3) is 0.700. The summed E-state index contributed by atoms with van der Waals surface area (Å²) in [5.41, 5.74) is 4.15. The zero-order valence-electron chi connectivity index (χ0n) is 8.75. The molecule has 0 heterocycles. The van der Waals surface area contributed by atoms with E-state index in [-0.39, 0.29) is 18.4 Å². The molecule has 1 rings (SSSR count). The normalized spacial score (nSPS) is 19.5. The maximum absolute atomic E-state index is 11.7. The van der Waals surface area contributed by atoms with Gasteiger partial charge in [0.1, 0.15) is 5.41 Å². The van der Waals surface area contributed by atoms with Crippen LogP contribution in [0.25, 0.3) is 0 Å². The number of nitriles is 1. The average Bonchev–Trinajstić information content (AvgIpc) is 2.00. The largest absolute Gasteiger partial charge is 0.370 e. The molecule has 1 saturated carbocycles. The molecule has 0 aliphatic heterocycles. The van der Waals surface area contributed by atoms with Gasteiger partial charge in [-0.2, -0.15) is 5.26 Å². The molecule has 1 unspecified atom stereocenters. The number of nitrogens with one attached hydrogen (secondary N) is 1. The third-order valence-electron chi connectivity index (χ3n) is 2.74. The van der Waals surface area contributed by atoms with Gasteiger partial charge in [0.25, 0.3) is 0 Å². The Morgan fingerprint density at radius 2 is 2.20 bits per heavy atom. The third-order valence-corrected chi connectivity index (χ3v) is 2.74. The summed E-state index contributed by atoms with van der Waals surface area (Å²) in [7, 11) is 0. The molecule has 0 aromatic heterocycles. The number of hydrogen-bond donors (Lipinski definition) is 2. The van der Waals surface area contributed by atoms with Crippen LogP contribution < -0.4 is 11.1 Å². The lowest BCUT2D eigenvalue weighted by atomic mass is 9.69. The molecule has 5 nitrogen and oxygen atoms in total. The second-order valence-electron chi connectivity index (χ2n) is 4.09. The second-order valence-corrected chi connectivity index (χ2v) is 4.09. The number of amides is 2. The van der Waals surface area contributed by atoms with Crippen molar-refractivity contribution >= 4 is 11.8 Å². The Labute approximate surface area is 88.6 Å². The Kier molecular flexibility index (Phi) is 3.30. The molecule has 1 aliphatic rings. The summed E-state index contributed by atoms with van der Waals surface area (Å²) in [4.78, 5) is 22.3. The van der Waals surface area contributed by atoms with E-state index >= 15 is 0 Å². The van der Waals surface area contributed by atoms with Crippen LogP contribution in [0.3, 0.4) is 0 Å². The minimum absolute atomic E-state index is 0.104. The van der Waals surface area contributed by atoms with Crippen LogP contribution in [0, 0.1) is 16.7 Å². The zero-order valence-corrected chi connectivity index (χ0v) is 8.75. The van der Waals surface area contributed by atoms with Crippen molar-refractivity contribution in [1.82, 2.24) is 5.32 Å². The summed E-state index contributed by atoms with van der Waals surface area (Å²) in [5.74, 6) is -0.729. The lowest BCUT2D eigenvalue weighted by Crippen LogP contribution is -2.48. The van der Waals surface area contributed by atoms with E-state index in [4.69, 9.17) is 11.0 Å². The van der Waals surface area contributed by atoms with Gasteiger partial charge >= 0.3 is 0 Å². The molecule has 5 heteroatoms. The first-order chi connectivity index (χ1) is 7.00. The van der Waals surface area contributed by atoms with E-state index < -0.39 is 11.3 Å². The van der Waals surface area contributed by atoms with Gasteiger partial charge in [0.15, 0.2) is 0 Å². The molecule has 0 radical (unpaired) electrons. The van der Waals surface area contributed by atoms with Crippen molar-refractivity contribution in [2.75, 3.05) is 0 Å². The van der Waals surface area contributed by atoms with Crippen LogP contribution in [-0.4, -0.2) is 17.9 Å². The predicted octanol–water partition coefficient (Wildman–Crippen LogP) is 0.0604. The maximum Gasteiger partial charge on any atom is 0.240 e. The van der Waals surface area contributed by atoms with E-state index in [1.54, 1.807) is 6.92 Å². The van der Waals surface area contributed by atoms with Gasteiger partial charge in [0.05, 0.1) is 6.07 Å². The summed E-state index contributed by atoms with van der Waals surface area (Å²) in [6.07, 6.45) is 2.23. The summed E-state index contributed by atoms with van der Waals surface area (Å²) in [6.45, 7) is 1.70. The number of nitrogens with zero attached hydrogens (tertiary/aromatic N) is 1. The quantitative estimate of drug-likeness (QED) is 0.685. The SMILES string of the molecule is CC(CC(N)=O)NC(=O)C1(C#N)CCC1. The topological polar surface area (TPSA) is 96.0 Å². The minimum Gasteiger partial charge on any atom is -0.370 e. The Balaban J connectivity index is 2.48. The van der Waals surface area contributed by atoms with Gasteiger partial charge in [-0.15, -0.1) is 0 Å². The number of rotatable bonds is 4. The number of nitrogens with two attached hydrogens (primary N) is 1. The van der Waals surface area contributed by atoms with Crippen molar-refractivity contribution in [3.63, 3.8) is 0 Å². The maximum atomic E-state index is 11.7. The van der Waals surface area contributed by atoms with Gasteiger partial charge in [0.2, 0.25) is 11.8 Å². The monoisotopic (exact) mass is 209 g/mol. The minimum atomic E-state index is -0.855. The van der Waals surface area contributed by atoms with Crippen molar-refractivity contribution < 1.29 is 9.59 Å². The molecule has 1 atom stereocenters. The molecule has 0 spiro atoms. The Morgan fingerprint density at radius 3 is 2.53 bits per heavy atom. The van der Waals surface area contributed by atoms with Crippen LogP contribution in [0.5, 0.6) is 0 Å². The smallest absolute Gasteiger partial charge is 0.240 e. The second kappa shape index (κ2) is 4.30. The molecule has 0 bridgehead atoms. The van der Waals surface area contributed by atoms with Crippen LogP contribution in [0.2, 0.25) is 0 Å². The van der Waals surface area contributed by atoms with Crippen LogP contribution >= 0.6 is 0 Å². The van der Waals surface area contributed by atoms with Gasteiger partial charge in [0, 0.05) is 12.5 Å². The van der Waals surface area contributed by atoms with E-state index in [1.165, 1.54) is 0 Å². The predicted molar refractivity (Wildman–Crippen MR) is 53.3 cm³/mol. The average molecular weight is 209 g/mol. The van der Waals surface area contributed by atoms with Crippen molar-refractivity contribution in [3.05, 3.63) is 0 Å². The van der Waals surface area contributed by atoms with Crippen molar-refractivity contribution in [2.24, 2.45) is 11.1 Å². The van der Waals surface area contributed by atoms with Crippen LogP contribution in [-0.2, 0) is 9.59 Å². The zero-order chi connectivity index (χ0) is 11.5. The van der Waals surface area contributed by atoms with Crippen LogP contribution in [0.15, 0.2) is 0 Å². The Bertz CT molecular complexity index is 315. The molecule has 0 saturated heterocycles. The highest BCUT2D eigenvalue weighted by atomic mass is 16.2. The van der Waals surface area contributed by atoms with Gasteiger partial charge in [-0.3, -0.25) is 9.59 Å². The molecular weight excluding hydrogens is 194 g/mol. The highest BCUT2D eigenvalue weighted by Crippen LogP contribution is 2.40. The molecule has 15 heavy (non-hydrogen) atoms. The van der Waals surface area contributed by atoms with Gasteiger partial charge in [-0.1, -0.05) is 0 Å². The van der Waals surface area contributed by atoms with Crippen molar-refractivity contribution in [1.29, 1.82) is 5.26 Å². The molecule has 1 fully saturated rings. The first-order valence-electron chi connectivity index (χ1n) is 5.01. The summed E-state index contributed by atoms with van der Waals surface area (Å²) in [5, 5.41) is 11.5. The van der Waals surface area contributed by atoms with Gasteiger partial charge in [-0.05, 0) is 26.2 Å². The van der Waals surface area contributed by atoms with E-state index in [9.17, 15) is 9.59 Å². The first kappa shape index (κ1) is 11.5. The number of carbonyl (C=O) groups excluding carboxylic acids is 2.